The molecule has 0 aliphatic rings. The van der Waals surface area contributed by atoms with Gasteiger partial charge in [0.25, 0.3) is 0 Å². The van der Waals surface area contributed by atoms with Crippen molar-refractivity contribution in [2.24, 2.45) is 0 Å². The summed E-state index contributed by atoms with van der Waals surface area (Å²) in [5.41, 5.74) is 6.57. The predicted molar refractivity (Wildman–Crippen MR) is 85.0 cm³/mol. The van der Waals surface area contributed by atoms with E-state index in [9.17, 15) is 0 Å². The number of benzene rings is 1. The highest BCUT2D eigenvalue weighted by molar-refractivity contribution is 5.40. The van der Waals surface area contributed by atoms with Gasteiger partial charge in [0.1, 0.15) is 0 Å². The van der Waals surface area contributed by atoms with E-state index in [0.29, 0.717) is 0 Å². The smallest absolute Gasteiger partial charge is 0.0583 e. The lowest BCUT2D eigenvalue weighted by atomic mass is 9.92. The molecular weight excluding hydrogens is 244 g/mol. The van der Waals surface area contributed by atoms with Crippen molar-refractivity contribution in [2.45, 2.75) is 40.2 Å². The molecule has 0 aliphatic carbocycles. The van der Waals surface area contributed by atoms with E-state index in [1.807, 2.05) is 12.4 Å². The number of nitrogens with one attached hydrogen (secondary N) is 1. The summed E-state index contributed by atoms with van der Waals surface area (Å²) in [6, 6.07) is 9.07. The van der Waals surface area contributed by atoms with Crippen molar-refractivity contribution in [3.63, 3.8) is 0 Å². The largest absolute Gasteiger partial charge is 0.306 e. The second kappa shape index (κ2) is 6.67. The maximum Gasteiger partial charge on any atom is 0.0583 e. The standard InChI is InChI=1S/C18H24N2/c1-5-9-20-18(17-8-10-19-12-15(17)4)16-7-6-13(2)11-14(16)3/h6-8,10-12,18,20H,5,9H2,1-4H3. The van der Waals surface area contributed by atoms with Crippen molar-refractivity contribution < 1.29 is 0 Å². The summed E-state index contributed by atoms with van der Waals surface area (Å²) in [7, 11) is 0. The van der Waals surface area contributed by atoms with Crippen molar-refractivity contribution in [2.75, 3.05) is 6.54 Å². The Balaban J connectivity index is 2.44. The summed E-state index contributed by atoms with van der Waals surface area (Å²) in [6.45, 7) is 9.68. The Morgan fingerprint density at radius 2 is 1.80 bits per heavy atom. The van der Waals surface area contributed by atoms with Crippen molar-refractivity contribution in [1.82, 2.24) is 10.3 Å². The molecule has 0 spiro atoms. The Hall–Kier alpha value is -1.67. The van der Waals surface area contributed by atoms with Gasteiger partial charge in [0.05, 0.1) is 6.04 Å². The molecule has 1 unspecified atom stereocenters. The van der Waals surface area contributed by atoms with Gasteiger partial charge >= 0.3 is 0 Å². The van der Waals surface area contributed by atoms with Crippen LogP contribution in [-0.4, -0.2) is 11.5 Å². The molecule has 0 saturated carbocycles. The van der Waals surface area contributed by atoms with Crippen molar-refractivity contribution >= 4 is 0 Å². The molecule has 1 atom stereocenters. The second-order valence-corrected chi connectivity index (χ2v) is 5.48. The molecule has 0 saturated heterocycles. The summed E-state index contributed by atoms with van der Waals surface area (Å²) < 4.78 is 0. The second-order valence-electron chi connectivity index (χ2n) is 5.48. The van der Waals surface area contributed by atoms with Crippen LogP contribution in [0.5, 0.6) is 0 Å². The van der Waals surface area contributed by atoms with Gasteiger partial charge in [0, 0.05) is 12.4 Å². The summed E-state index contributed by atoms with van der Waals surface area (Å²) in [4.78, 5) is 4.21. The summed E-state index contributed by atoms with van der Waals surface area (Å²) in [5, 5.41) is 3.68. The molecule has 0 aliphatic heterocycles. The van der Waals surface area contributed by atoms with Crippen LogP contribution in [0.4, 0.5) is 0 Å². The van der Waals surface area contributed by atoms with Crippen LogP contribution in [0.2, 0.25) is 0 Å². The maximum absolute atomic E-state index is 4.21. The van der Waals surface area contributed by atoms with Gasteiger partial charge < -0.3 is 5.32 Å². The van der Waals surface area contributed by atoms with E-state index < -0.39 is 0 Å². The molecule has 1 aromatic carbocycles. The van der Waals surface area contributed by atoms with Crippen LogP contribution >= 0.6 is 0 Å². The SMILES string of the molecule is CCCNC(c1ccncc1C)c1ccc(C)cc1C. The minimum atomic E-state index is 0.249. The highest BCUT2D eigenvalue weighted by Crippen LogP contribution is 2.27. The lowest BCUT2D eigenvalue weighted by molar-refractivity contribution is 0.593. The number of hydrogen-bond donors (Lipinski definition) is 1. The molecule has 1 heterocycles. The van der Waals surface area contributed by atoms with Crippen molar-refractivity contribution in [3.8, 4) is 0 Å². The van der Waals surface area contributed by atoms with Gasteiger partial charge in [0.15, 0.2) is 0 Å². The number of nitrogens with zero attached hydrogens (tertiary/aromatic N) is 1. The highest BCUT2D eigenvalue weighted by atomic mass is 14.9. The van der Waals surface area contributed by atoms with Gasteiger partial charge in [-0.05, 0) is 62.1 Å². The molecule has 0 fully saturated rings. The third-order valence-electron chi connectivity index (χ3n) is 3.71. The minimum Gasteiger partial charge on any atom is -0.306 e. The van der Waals surface area contributed by atoms with Crippen molar-refractivity contribution in [1.29, 1.82) is 0 Å². The molecule has 106 valence electrons. The van der Waals surface area contributed by atoms with Gasteiger partial charge in [-0.25, -0.2) is 0 Å². The summed E-state index contributed by atoms with van der Waals surface area (Å²) in [6.07, 6.45) is 4.96. The van der Waals surface area contributed by atoms with E-state index in [-0.39, 0.29) is 6.04 Å². The number of aromatic nitrogens is 1. The van der Waals surface area contributed by atoms with Gasteiger partial charge in [-0.1, -0.05) is 30.7 Å². The normalized spacial score (nSPS) is 12.4. The third-order valence-corrected chi connectivity index (χ3v) is 3.71. The minimum absolute atomic E-state index is 0.249. The molecule has 1 N–H and O–H groups in total. The Labute approximate surface area is 122 Å². The zero-order valence-corrected chi connectivity index (χ0v) is 12.9. The van der Waals surface area contributed by atoms with E-state index in [1.54, 1.807) is 0 Å². The third kappa shape index (κ3) is 3.26. The Kier molecular flexibility index (Phi) is 4.91. The summed E-state index contributed by atoms with van der Waals surface area (Å²) in [5.74, 6) is 0. The first kappa shape index (κ1) is 14.7. The Bertz CT molecular complexity index is 575. The van der Waals surface area contributed by atoms with Crippen LogP contribution in [0.15, 0.2) is 36.7 Å². The topological polar surface area (TPSA) is 24.9 Å². The van der Waals surface area contributed by atoms with E-state index in [0.717, 1.165) is 13.0 Å². The quantitative estimate of drug-likeness (QED) is 0.883. The number of rotatable bonds is 5. The number of hydrogen-bond acceptors (Lipinski definition) is 2. The Morgan fingerprint density at radius 1 is 1.05 bits per heavy atom. The van der Waals surface area contributed by atoms with Gasteiger partial charge in [-0.15, -0.1) is 0 Å². The van der Waals surface area contributed by atoms with Crippen LogP contribution in [0.3, 0.4) is 0 Å². The van der Waals surface area contributed by atoms with E-state index in [4.69, 9.17) is 0 Å². The first-order chi connectivity index (χ1) is 9.63. The van der Waals surface area contributed by atoms with E-state index in [2.05, 4.69) is 62.3 Å². The molecule has 2 heteroatoms. The molecule has 0 bridgehead atoms. The predicted octanol–water partition coefficient (Wildman–Crippen LogP) is 4.10. The van der Waals surface area contributed by atoms with Crippen LogP contribution in [0, 0.1) is 20.8 Å². The monoisotopic (exact) mass is 268 g/mol. The fourth-order valence-corrected chi connectivity index (χ4v) is 2.63. The molecule has 0 radical (unpaired) electrons. The Morgan fingerprint density at radius 3 is 2.45 bits per heavy atom. The number of aryl methyl sites for hydroxylation is 3. The van der Waals surface area contributed by atoms with Crippen LogP contribution in [0.1, 0.15) is 47.2 Å². The molecule has 2 nitrogen and oxygen atoms in total. The van der Waals surface area contributed by atoms with Gasteiger partial charge in [-0.3, -0.25) is 4.98 Å². The zero-order valence-electron chi connectivity index (χ0n) is 12.9. The zero-order chi connectivity index (χ0) is 14.5. The molecule has 0 amide bonds. The highest BCUT2D eigenvalue weighted by Gasteiger charge is 2.17. The van der Waals surface area contributed by atoms with Crippen molar-refractivity contribution in [3.05, 3.63) is 64.5 Å². The fourth-order valence-electron chi connectivity index (χ4n) is 2.63. The average molecular weight is 268 g/mol. The fraction of sp³-hybridized carbons (Fsp3) is 0.389. The first-order valence-corrected chi connectivity index (χ1v) is 7.34. The molecular formula is C18H24N2. The first-order valence-electron chi connectivity index (χ1n) is 7.34. The maximum atomic E-state index is 4.21. The lowest BCUT2D eigenvalue weighted by Crippen LogP contribution is -2.24. The number of pyridine rings is 1. The molecule has 1 aromatic heterocycles. The molecule has 2 rings (SSSR count). The lowest BCUT2D eigenvalue weighted by Gasteiger charge is -2.23. The average Bonchev–Trinajstić information content (AvgIpc) is 2.42. The van der Waals surface area contributed by atoms with Crippen LogP contribution < -0.4 is 5.32 Å². The van der Waals surface area contributed by atoms with E-state index in [1.165, 1.54) is 27.8 Å². The van der Waals surface area contributed by atoms with Gasteiger partial charge in [0.2, 0.25) is 0 Å². The molecule has 2 aromatic rings. The van der Waals surface area contributed by atoms with E-state index >= 15 is 0 Å². The summed E-state index contributed by atoms with van der Waals surface area (Å²) >= 11 is 0. The van der Waals surface area contributed by atoms with Gasteiger partial charge in [-0.2, -0.15) is 0 Å². The van der Waals surface area contributed by atoms with Crippen LogP contribution in [-0.2, 0) is 0 Å². The molecule has 20 heavy (non-hydrogen) atoms. The van der Waals surface area contributed by atoms with Crippen LogP contribution in [0.25, 0.3) is 0 Å².